The maximum atomic E-state index is 10.9. The second-order valence-corrected chi connectivity index (χ2v) is 7.17. The number of aromatic nitrogens is 1. The first-order chi connectivity index (χ1) is 14.2. The van der Waals surface area contributed by atoms with Gasteiger partial charge in [0.1, 0.15) is 17.5 Å². The summed E-state index contributed by atoms with van der Waals surface area (Å²) in [6.07, 6.45) is 3.16. The smallest absolute Gasteiger partial charge is 0.545 e. The Morgan fingerprint density at radius 1 is 1.23 bits per heavy atom. The van der Waals surface area contributed by atoms with Gasteiger partial charge in [-0.15, -0.1) is 11.3 Å². The largest absolute Gasteiger partial charge is 1.00 e. The number of nitrogens with zero attached hydrogens (tertiary/aromatic N) is 2. The fourth-order valence-electron chi connectivity index (χ4n) is 2.93. The van der Waals surface area contributed by atoms with Crippen LogP contribution >= 0.6 is 11.3 Å². The van der Waals surface area contributed by atoms with Gasteiger partial charge in [-0.3, -0.25) is 0 Å². The molecule has 0 saturated heterocycles. The predicted octanol–water partition coefficient (Wildman–Crippen LogP) is 0.921. The topological polar surface area (TPSA) is 102 Å². The molecule has 0 aliphatic carbocycles. The van der Waals surface area contributed by atoms with E-state index in [2.05, 4.69) is 16.4 Å². The van der Waals surface area contributed by atoms with E-state index in [-0.39, 0.29) is 35.1 Å². The van der Waals surface area contributed by atoms with Gasteiger partial charge in [0.25, 0.3) is 0 Å². The minimum Gasteiger partial charge on any atom is -0.545 e. The van der Waals surface area contributed by atoms with Crippen LogP contribution in [0.25, 0.3) is 21.7 Å². The Hall–Kier alpha value is -2.89. The number of nitriles is 1. The Kier molecular flexibility index (Phi) is 7.08. The van der Waals surface area contributed by atoms with Crippen molar-refractivity contribution in [2.24, 2.45) is 0 Å². The van der Waals surface area contributed by atoms with Crippen LogP contribution in [0.4, 0.5) is 5.82 Å². The predicted molar refractivity (Wildman–Crippen MR) is 108 cm³/mol. The van der Waals surface area contributed by atoms with E-state index in [0.29, 0.717) is 17.9 Å². The van der Waals surface area contributed by atoms with E-state index in [9.17, 15) is 15.2 Å². The number of furan rings is 1. The van der Waals surface area contributed by atoms with Crippen LogP contribution in [0, 0.1) is 11.3 Å². The number of pyridine rings is 1. The summed E-state index contributed by atoms with van der Waals surface area (Å²) in [7, 11) is 0. The van der Waals surface area contributed by atoms with Crippen LogP contribution in [-0.4, -0.2) is 11.0 Å². The Balaban J connectivity index is 0.00000256. The van der Waals surface area contributed by atoms with Crippen LogP contribution < -0.4 is 40.0 Å². The third-order valence-electron chi connectivity index (χ3n) is 4.39. The van der Waals surface area contributed by atoms with E-state index in [0.717, 1.165) is 27.3 Å². The summed E-state index contributed by atoms with van der Waals surface area (Å²) in [6, 6.07) is 16.2. The fourth-order valence-corrected chi connectivity index (χ4v) is 3.61. The van der Waals surface area contributed by atoms with E-state index in [1.54, 1.807) is 42.1 Å². The van der Waals surface area contributed by atoms with Crippen LogP contribution in [0.5, 0.6) is 0 Å². The first-order valence-electron chi connectivity index (χ1n) is 8.71. The van der Waals surface area contributed by atoms with E-state index in [4.69, 9.17) is 4.42 Å². The van der Waals surface area contributed by atoms with Crippen LogP contribution in [0.15, 0.2) is 70.9 Å². The monoisotopic (exact) mass is 423 g/mol. The quantitative estimate of drug-likeness (QED) is 0.463. The second kappa shape index (κ2) is 9.74. The molecule has 0 spiro atoms. The number of nitrogens with one attached hydrogen (secondary N) is 1. The molecule has 0 aliphatic heterocycles. The molecule has 1 aromatic carbocycles. The van der Waals surface area contributed by atoms with Crippen molar-refractivity contribution >= 4 is 23.1 Å². The van der Waals surface area contributed by atoms with Crippen LogP contribution in [0.3, 0.4) is 0 Å². The summed E-state index contributed by atoms with van der Waals surface area (Å²) in [5.41, 5.74) is 3.67. The van der Waals surface area contributed by atoms with Crippen molar-refractivity contribution in [1.29, 1.82) is 5.26 Å². The summed E-state index contributed by atoms with van der Waals surface area (Å²) >= 11 is 1.56. The number of anilines is 1. The van der Waals surface area contributed by atoms with E-state index >= 15 is 0 Å². The molecule has 0 amide bonds. The van der Waals surface area contributed by atoms with Crippen molar-refractivity contribution in [3.05, 3.63) is 83.1 Å². The average Bonchev–Trinajstić information content (AvgIpc) is 3.46. The van der Waals surface area contributed by atoms with Gasteiger partial charge in [0, 0.05) is 17.7 Å². The van der Waals surface area contributed by atoms with Crippen molar-refractivity contribution in [2.45, 2.75) is 6.54 Å². The third kappa shape index (κ3) is 4.64. The maximum Gasteiger partial charge on any atom is 1.00 e. The Morgan fingerprint density at radius 3 is 2.63 bits per heavy atom. The summed E-state index contributed by atoms with van der Waals surface area (Å²) < 4.78 is 5.20. The minimum atomic E-state index is -1.22. The summed E-state index contributed by atoms with van der Waals surface area (Å²) in [4.78, 5) is 16.5. The molecule has 3 aromatic heterocycles. The van der Waals surface area contributed by atoms with Crippen molar-refractivity contribution in [3.8, 4) is 27.8 Å². The van der Waals surface area contributed by atoms with Gasteiger partial charge < -0.3 is 19.6 Å². The molecule has 0 bridgehead atoms. The molecule has 0 unspecified atom stereocenters. The van der Waals surface area contributed by atoms with Gasteiger partial charge in [0.2, 0.25) is 0 Å². The number of benzene rings is 1. The summed E-state index contributed by atoms with van der Waals surface area (Å²) in [6.45, 7) is 0.383. The number of aromatic carboxylic acids is 1. The number of rotatable bonds is 6. The Labute approximate surface area is 199 Å². The Morgan fingerprint density at radius 2 is 2.03 bits per heavy atom. The first kappa shape index (κ1) is 21.8. The molecular weight excluding hydrogens is 409 g/mol. The SMILES string of the molecule is N#Cc1c(-c2ccoc2)cc(-c2cccs2)nc1NCc1ccc(C(=O)[O-])cc1.[Na+]. The molecule has 3 heterocycles. The van der Waals surface area contributed by atoms with Crippen molar-refractivity contribution in [3.63, 3.8) is 0 Å². The van der Waals surface area contributed by atoms with Crippen molar-refractivity contribution in [1.82, 2.24) is 4.98 Å². The molecule has 0 atom stereocenters. The number of carbonyl (C=O) groups is 1. The molecule has 8 heteroatoms. The molecule has 4 aromatic rings. The normalized spacial score (nSPS) is 10.1. The first-order valence-corrected chi connectivity index (χ1v) is 9.59. The molecule has 30 heavy (non-hydrogen) atoms. The number of carboxylic acid groups (broad SMARTS) is 1. The van der Waals surface area contributed by atoms with Crippen LogP contribution in [0.2, 0.25) is 0 Å². The van der Waals surface area contributed by atoms with Gasteiger partial charge in [0.05, 0.1) is 29.1 Å². The van der Waals surface area contributed by atoms with Gasteiger partial charge >= 0.3 is 29.6 Å². The molecule has 0 radical (unpaired) electrons. The van der Waals surface area contributed by atoms with Gasteiger partial charge in [-0.25, -0.2) is 4.98 Å². The number of hydrogen-bond acceptors (Lipinski definition) is 7. The average molecular weight is 423 g/mol. The number of carbonyl (C=O) groups excluding carboxylic acids is 1. The zero-order chi connectivity index (χ0) is 20.2. The number of carboxylic acids is 1. The molecule has 6 nitrogen and oxygen atoms in total. The minimum absolute atomic E-state index is 0. The summed E-state index contributed by atoms with van der Waals surface area (Å²) in [5, 5.41) is 25.9. The van der Waals surface area contributed by atoms with Gasteiger partial charge in [-0.1, -0.05) is 30.3 Å². The maximum absolute atomic E-state index is 10.9. The number of hydrogen-bond donors (Lipinski definition) is 1. The zero-order valence-electron chi connectivity index (χ0n) is 16.1. The Bertz CT molecular complexity index is 1180. The standard InChI is InChI=1S/C22H15N3O3S.Na/c23-11-18-17(16-7-8-28-13-16)10-19(20-2-1-9-29-20)25-21(18)24-12-14-3-5-15(6-4-14)22(26)27;/h1-10,13H,12H2,(H,24,25)(H,26,27);/q;+1/p-1. The van der Waals surface area contributed by atoms with Gasteiger partial charge in [0.15, 0.2) is 0 Å². The van der Waals surface area contributed by atoms with Gasteiger partial charge in [-0.2, -0.15) is 5.26 Å². The molecule has 0 aliphatic rings. The summed E-state index contributed by atoms with van der Waals surface area (Å²) in [5.74, 6) is -0.759. The van der Waals surface area contributed by atoms with E-state index in [1.807, 2.05) is 23.6 Å². The second-order valence-electron chi connectivity index (χ2n) is 6.22. The molecule has 0 saturated carbocycles. The molecule has 0 fully saturated rings. The molecule has 142 valence electrons. The van der Waals surface area contributed by atoms with Gasteiger partial charge in [-0.05, 0) is 34.7 Å². The molecule has 4 rings (SSSR count). The van der Waals surface area contributed by atoms with E-state index in [1.165, 1.54) is 12.1 Å². The van der Waals surface area contributed by atoms with Crippen LogP contribution in [-0.2, 0) is 6.54 Å². The van der Waals surface area contributed by atoms with Crippen LogP contribution in [0.1, 0.15) is 21.5 Å². The van der Waals surface area contributed by atoms with E-state index < -0.39 is 5.97 Å². The van der Waals surface area contributed by atoms with Crippen molar-refractivity contribution < 1.29 is 43.9 Å². The fraction of sp³-hybridized carbons (Fsp3) is 0.0455. The molecule has 1 N–H and O–H groups in total. The number of thiophene rings is 1. The third-order valence-corrected chi connectivity index (χ3v) is 5.28. The van der Waals surface area contributed by atoms with Crippen molar-refractivity contribution in [2.75, 3.05) is 5.32 Å². The zero-order valence-corrected chi connectivity index (χ0v) is 18.9. The molecular formula is C22H14N3NaO3S.